The molecule has 5 heteroatoms. The Bertz CT molecular complexity index is 632. The van der Waals surface area contributed by atoms with Crippen molar-refractivity contribution >= 4 is 17.4 Å². The van der Waals surface area contributed by atoms with Crippen LogP contribution in [0.15, 0.2) is 36.4 Å². The van der Waals surface area contributed by atoms with Crippen molar-refractivity contribution in [1.29, 1.82) is 0 Å². The van der Waals surface area contributed by atoms with Gasteiger partial charge in [0.05, 0.1) is 5.02 Å². The van der Waals surface area contributed by atoms with E-state index in [9.17, 15) is 18.0 Å². The van der Waals surface area contributed by atoms with Gasteiger partial charge < -0.3 is 0 Å². The number of carbonyl (C=O) groups is 1. The molecule has 0 aliphatic rings. The van der Waals surface area contributed by atoms with E-state index in [0.29, 0.717) is 10.6 Å². The lowest BCUT2D eigenvalue weighted by atomic mass is 10.0. The summed E-state index contributed by atoms with van der Waals surface area (Å²) in [7, 11) is 0. The van der Waals surface area contributed by atoms with E-state index in [1.54, 1.807) is 24.3 Å². The highest BCUT2D eigenvalue weighted by atomic mass is 35.5. The van der Waals surface area contributed by atoms with Gasteiger partial charge in [0.1, 0.15) is 0 Å². The fraction of sp³-hybridized carbons (Fsp3) is 0.133. The SMILES string of the molecule is O=C(CCc1cc(F)c(F)c(F)c1)c1ccccc1Cl. The second kappa shape index (κ2) is 6.09. The number of Topliss-reactive ketones (excluding diaryl/α,β-unsaturated/α-hetero) is 1. The van der Waals surface area contributed by atoms with Crippen molar-refractivity contribution in [3.05, 3.63) is 70.0 Å². The molecule has 0 radical (unpaired) electrons. The molecule has 0 aromatic heterocycles. The molecule has 0 N–H and O–H groups in total. The average Bonchev–Trinajstić information content (AvgIpc) is 2.42. The summed E-state index contributed by atoms with van der Waals surface area (Å²) in [4.78, 5) is 11.9. The van der Waals surface area contributed by atoms with Gasteiger partial charge in [0.25, 0.3) is 0 Å². The minimum absolute atomic E-state index is 0.0360. The molecular weight excluding hydrogens is 289 g/mol. The largest absolute Gasteiger partial charge is 0.294 e. The standard InChI is InChI=1S/C15H10ClF3O/c16-11-4-2-1-3-10(11)14(20)6-5-9-7-12(17)15(19)13(18)8-9/h1-4,7-8H,5-6H2. The molecule has 104 valence electrons. The van der Waals surface area contributed by atoms with Crippen LogP contribution >= 0.6 is 11.6 Å². The van der Waals surface area contributed by atoms with Crippen LogP contribution in [0.5, 0.6) is 0 Å². The van der Waals surface area contributed by atoms with Crippen molar-refractivity contribution in [3.63, 3.8) is 0 Å². The Morgan fingerprint density at radius 2 is 1.65 bits per heavy atom. The number of benzene rings is 2. The highest BCUT2D eigenvalue weighted by Gasteiger charge is 2.13. The zero-order valence-electron chi connectivity index (χ0n) is 10.3. The van der Waals surface area contributed by atoms with E-state index in [4.69, 9.17) is 11.6 Å². The first-order chi connectivity index (χ1) is 9.49. The maximum Gasteiger partial charge on any atom is 0.194 e. The Balaban J connectivity index is 2.10. The number of carbonyl (C=O) groups excluding carboxylic acids is 1. The molecule has 0 saturated carbocycles. The van der Waals surface area contributed by atoms with E-state index < -0.39 is 17.5 Å². The second-order valence-corrected chi connectivity index (χ2v) is 4.68. The van der Waals surface area contributed by atoms with Crippen LogP contribution in [0, 0.1) is 17.5 Å². The maximum atomic E-state index is 13.0. The quantitative estimate of drug-likeness (QED) is 0.597. The third-order valence-electron chi connectivity index (χ3n) is 2.86. The minimum atomic E-state index is -1.51. The van der Waals surface area contributed by atoms with Crippen LogP contribution in [0.2, 0.25) is 5.02 Å². The van der Waals surface area contributed by atoms with Crippen LogP contribution in [0.1, 0.15) is 22.3 Å². The van der Waals surface area contributed by atoms with Crippen LogP contribution in [0.25, 0.3) is 0 Å². The van der Waals surface area contributed by atoms with Crippen molar-refractivity contribution in [2.24, 2.45) is 0 Å². The summed E-state index contributed by atoms with van der Waals surface area (Å²) in [5, 5.41) is 0.328. The molecule has 0 bridgehead atoms. The summed E-state index contributed by atoms with van der Waals surface area (Å²) in [5.41, 5.74) is 0.582. The fourth-order valence-electron chi connectivity index (χ4n) is 1.83. The van der Waals surface area contributed by atoms with Crippen LogP contribution in [-0.2, 0) is 6.42 Å². The number of aryl methyl sites for hydroxylation is 1. The van der Waals surface area contributed by atoms with Crippen molar-refractivity contribution in [1.82, 2.24) is 0 Å². The van der Waals surface area contributed by atoms with Gasteiger partial charge in [0, 0.05) is 12.0 Å². The number of hydrogen-bond donors (Lipinski definition) is 0. The summed E-state index contributed by atoms with van der Waals surface area (Å²) >= 11 is 5.88. The molecule has 2 aromatic carbocycles. The summed E-state index contributed by atoms with van der Waals surface area (Å²) in [6.45, 7) is 0. The molecule has 0 saturated heterocycles. The predicted molar refractivity (Wildman–Crippen MR) is 70.4 cm³/mol. The lowest BCUT2D eigenvalue weighted by Gasteiger charge is -2.05. The average molecular weight is 299 g/mol. The van der Waals surface area contributed by atoms with Gasteiger partial charge in [-0.3, -0.25) is 4.79 Å². The molecule has 2 aromatic rings. The van der Waals surface area contributed by atoms with Crippen LogP contribution < -0.4 is 0 Å². The van der Waals surface area contributed by atoms with Gasteiger partial charge in [-0.2, -0.15) is 0 Å². The summed E-state index contributed by atoms with van der Waals surface area (Å²) in [6, 6.07) is 8.32. The molecule has 0 heterocycles. The van der Waals surface area contributed by atoms with Crippen molar-refractivity contribution in [2.75, 3.05) is 0 Å². The normalized spacial score (nSPS) is 10.6. The monoisotopic (exact) mass is 298 g/mol. The van der Waals surface area contributed by atoms with Gasteiger partial charge in [-0.1, -0.05) is 23.7 Å². The Morgan fingerprint density at radius 3 is 2.25 bits per heavy atom. The van der Waals surface area contributed by atoms with Crippen LogP contribution in [0.4, 0.5) is 13.2 Å². The van der Waals surface area contributed by atoms with Gasteiger partial charge in [-0.25, -0.2) is 13.2 Å². The third-order valence-corrected chi connectivity index (χ3v) is 3.19. The number of halogens is 4. The van der Waals surface area contributed by atoms with E-state index >= 15 is 0 Å². The minimum Gasteiger partial charge on any atom is -0.294 e. The van der Waals surface area contributed by atoms with E-state index in [-0.39, 0.29) is 24.2 Å². The van der Waals surface area contributed by atoms with Gasteiger partial charge in [0.15, 0.2) is 23.2 Å². The first-order valence-corrected chi connectivity index (χ1v) is 6.28. The number of rotatable bonds is 4. The molecule has 0 aliphatic carbocycles. The van der Waals surface area contributed by atoms with Gasteiger partial charge >= 0.3 is 0 Å². The lowest BCUT2D eigenvalue weighted by molar-refractivity contribution is 0.0983. The third kappa shape index (κ3) is 3.20. The molecule has 1 nitrogen and oxygen atoms in total. The highest BCUT2D eigenvalue weighted by molar-refractivity contribution is 6.33. The molecule has 0 amide bonds. The summed E-state index contributed by atoms with van der Waals surface area (Å²) in [6.07, 6.45) is 0.145. The van der Waals surface area contributed by atoms with Crippen LogP contribution in [-0.4, -0.2) is 5.78 Å². The Kier molecular flexibility index (Phi) is 4.45. The summed E-state index contributed by atoms with van der Waals surface area (Å²) < 4.78 is 38.9. The van der Waals surface area contributed by atoms with Gasteiger partial charge in [-0.05, 0) is 36.2 Å². The highest BCUT2D eigenvalue weighted by Crippen LogP contribution is 2.19. The zero-order valence-corrected chi connectivity index (χ0v) is 11.1. The molecule has 0 spiro atoms. The van der Waals surface area contributed by atoms with Gasteiger partial charge in [0.2, 0.25) is 0 Å². The zero-order chi connectivity index (χ0) is 14.7. The molecule has 0 unspecified atom stereocenters. The van der Waals surface area contributed by atoms with E-state index in [2.05, 4.69) is 0 Å². The topological polar surface area (TPSA) is 17.1 Å². The second-order valence-electron chi connectivity index (χ2n) is 4.28. The lowest BCUT2D eigenvalue weighted by Crippen LogP contribution is -2.03. The Labute approximate surface area is 119 Å². The first kappa shape index (κ1) is 14.6. The Hall–Kier alpha value is -1.81. The van der Waals surface area contributed by atoms with E-state index in [1.807, 2.05) is 0 Å². The molecular formula is C15H10ClF3O. The first-order valence-electron chi connectivity index (χ1n) is 5.90. The molecule has 2 rings (SSSR count). The number of ketones is 1. The Morgan fingerprint density at radius 1 is 1.05 bits per heavy atom. The molecule has 0 fully saturated rings. The maximum absolute atomic E-state index is 13.0. The fourth-order valence-corrected chi connectivity index (χ4v) is 2.07. The molecule has 0 atom stereocenters. The molecule has 0 aliphatic heterocycles. The smallest absolute Gasteiger partial charge is 0.194 e. The van der Waals surface area contributed by atoms with Crippen molar-refractivity contribution in [3.8, 4) is 0 Å². The van der Waals surface area contributed by atoms with Crippen LogP contribution in [0.3, 0.4) is 0 Å². The van der Waals surface area contributed by atoms with E-state index in [1.165, 1.54) is 0 Å². The number of hydrogen-bond acceptors (Lipinski definition) is 1. The predicted octanol–water partition coefficient (Wildman–Crippen LogP) is 4.57. The van der Waals surface area contributed by atoms with Crippen molar-refractivity contribution < 1.29 is 18.0 Å². The van der Waals surface area contributed by atoms with Crippen molar-refractivity contribution in [2.45, 2.75) is 12.8 Å². The van der Waals surface area contributed by atoms with E-state index in [0.717, 1.165) is 12.1 Å². The van der Waals surface area contributed by atoms with Gasteiger partial charge in [-0.15, -0.1) is 0 Å². The molecule has 20 heavy (non-hydrogen) atoms. The summed E-state index contributed by atoms with van der Waals surface area (Å²) in [5.74, 6) is -4.26.